The maximum atomic E-state index is 11.4. The second kappa shape index (κ2) is 4.88. The molecule has 0 atom stereocenters. The van der Waals surface area contributed by atoms with Crippen molar-refractivity contribution in [2.45, 2.75) is 26.3 Å². The van der Waals surface area contributed by atoms with Gasteiger partial charge in [-0.3, -0.25) is 4.79 Å². The molecule has 16 heavy (non-hydrogen) atoms. The smallest absolute Gasteiger partial charge is 0.258 e. The highest BCUT2D eigenvalue weighted by atomic mass is 16.5. The molecule has 0 aliphatic carbocycles. The topological polar surface area (TPSA) is 58.6 Å². The first kappa shape index (κ1) is 12.4. The number of phenols is 1. The standard InChI is InChI=1S/C12H17NO3/c1-12(2,3)13-11(15)8-16-10-6-4-5-9(14)7-10/h4-7,14H,8H2,1-3H3,(H,13,15). The number of aromatic hydroxyl groups is 1. The summed E-state index contributed by atoms with van der Waals surface area (Å²) in [4.78, 5) is 11.4. The molecule has 0 spiro atoms. The Kier molecular flexibility index (Phi) is 3.77. The highest BCUT2D eigenvalue weighted by Crippen LogP contribution is 2.17. The van der Waals surface area contributed by atoms with Crippen LogP contribution >= 0.6 is 0 Å². The van der Waals surface area contributed by atoms with Crippen molar-refractivity contribution >= 4 is 5.91 Å². The van der Waals surface area contributed by atoms with Crippen molar-refractivity contribution < 1.29 is 14.6 Å². The first-order valence-electron chi connectivity index (χ1n) is 5.10. The molecule has 1 rings (SSSR count). The number of hydrogen-bond acceptors (Lipinski definition) is 3. The Hall–Kier alpha value is -1.71. The van der Waals surface area contributed by atoms with E-state index in [1.165, 1.54) is 6.07 Å². The van der Waals surface area contributed by atoms with Crippen LogP contribution in [0.4, 0.5) is 0 Å². The normalized spacial score (nSPS) is 10.9. The number of benzene rings is 1. The lowest BCUT2D eigenvalue weighted by Crippen LogP contribution is -2.43. The summed E-state index contributed by atoms with van der Waals surface area (Å²) >= 11 is 0. The van der Waals surface area contributed by atoms with Gasteiger partial charge in [-0.2, -0.15) is 0 Å². The van der Waals surface area contributed by atoms with Crippen LogP contribution in [0.1, 0.15) is 20.8 Å². The van der Waals surface area contributed by atoms with Gasteiger partial charge < -0.3 is 15.2 Å². The molecule has 1 amide bonds. The summed E-state index contributed by atoms with van der Waals surface area (Å²) in [5.74, 6) is 0.411. The predicted molar refractivity (Wildman–Crippen MR) is 61.5 cm³/mol. The van der Waals surface area contributed by atoms with Gasteiger partial charge in [-0.25, -0.2) is 0 Å². The molecule has 0 aliphatic heterocycles. The summed E-state index contributed by atoms with van der Waals surface area (Å²) < 4.78 is 5.22. The monoisotopic (exact) mass is 223 g/mol. The van der Waals surface area contributed by atoms with Gasteiger partial charge in [0.15, 0.2) is 6.61 Å². The third-order valence-corrected chi connectivity index (χ3v) is 1.70. The molecule has 0 bridgehead atoms. The van der Waals surface area contributed by atoms with Crippen LogP contribution in [0, 0.1) is 0 Å². The Morgan fingerprint density at radius 3 is 2.69 bits per heavy atom. The van der Waals surface area contributed by atoms with Gasteiger partial charge in [0.2, 0.25) is 0 Å². The Labute approximate surface area is 95.2 Å². The summed E-state index contributed by atoms with van der Waals surface area (Å²) in [5.41, 5.74) is -0.265. The Bertz CT molecular complexity index is 369. The zero-order chi connectivity index (χ0) is 12.2. The molecule has 0 fully saturated rings. The quantitative estimate of drug-likeness (QED) is 0.819. The van der Waals surface area contributed by atoms with Gasteiger partial charge >= 0.3 is 0 Å². The molecule has 88 valence electrons. The lowest BCUT2D eigenvalue weighted by molar-refractivity contribution is -0.124. The van der Waals surface area contributed by atoms with Crippen molar-refractivity contribution in [3.05, 3.63) is 24.3 Å². The van der Waals surface area contributed by atoms with Crippen LogP contribution in [0.2, 0.25) is 0 Å². The summed E-state index contributed by atoms with van der Waals surface area (Å²) in [7, 11) is 0. The van der Waals surface area contributed by atoms with Crippen molar-refractivity contribution in [1.82, 2.24) is 5.32 Å². The Balaban J connectivity index is 2.43. The van der Waals surface area contributed by atoms with Crippen LogP contribution in [-0.4, -0.2) is 23.2 Å². The molecule has 0 radical (unpaired) electrons. The van der Waals surface area contributed by atoms with Crippen LogP contribution in [0.25, 0.3) is 0 Å². The second-order valence-corrected chi connectivity index (χ2v) is 4.58. The zero-order valence-corrected chi connectivity index (χ0v) is 9.78. The van der Waals surface area contributed by atoms with Gasteiger partial charge in [0.05, 0.1) is 0 Å². The van der Waals surface area contributed by atoms with E-state index in [-0.39, 0.29) is 23.8 Å². The number of carbonyl (C=O) groups excluding carboxylic acids is 1. The maximum absolute atomic E-state index is 11.4. The lowest BCUT2D eigenvalue weighted by Gasteiger charge is -2.20. The number of phenolic OH excluding ortho intramolecular Hbond substituents is 1. The average Bonchev–Trinajstić information content (AvgIpc) is 2.12. The average molecular weight is 223 g/mol. The maximum Gasteiger partial charge on any atom is 0.258 e. The van der Waals surface area contributed by atoms with Gasteiger partial charge in [0.25, 0.3) is 5.91 Å². The fraction of sp³-hybridized carbons (Fsp3) is 0.417. The Morgan fingerprint density at radius 2 is 2.12 bits per heavy atom. The number of hydrogen-bond donors (Lipinski definition) is 2. The molecule has 1 aromatic carbocycles. The molecular formula is C12H17NO3. The van der Waals surface area contributed by atoms with Crippen molar-refractivity contribution in [3.63, 3.8) is 0 Å². The van der Waals surface area contributed by atoms with E-state index in [1.807, 2.05) is 20.8 Å². The van der Waals surface area contributed by atoms with Crippen LogP contribution in [0.5, 0.6) is 11.5 Å². The van der Waals surface area contributed by atoms with Crippen molar-refractivity contribution in [2.24, 2.45) is 0 Å². The number of amides is 1. The fourth-order valence-corrected chi connectivity index (χ4v) is 1.18. The zero-order valence-electron chi connectivity index (χ0n) is 9.78. The summed E-state index contributed by atoms with van der Waals surface area (Å²) in [6.45, 7) is 5.65. The van der Waals surface area contributed by atoms with E-state index in [2.05, 4.69) is 5.32 Å². The first-order valence-corrected chi connectivity index (χ1v) is 5.10. The number of ether oxygens (including phenoxy) is 1. The minimum absolute atomic E-state index is 0.0548. The molecule has 1 aromatic rings. The molecule has 2 N–H and O–H groups in total. The number of rotatable bonds is 3. The van der Waals surface area contributed by atoms with E-state index in [9.17, 15) is 9.90 Å². The largest absolute Gasteiger partial charge is 0.508 e. The summed E-state index contributed by atoms with van der Waals surface area (Å²) in [5, 5.41) is 12.0. The van der Waals surface area contributed by atoms with Crippen molar-refractivity contribution in [2.75, 3.05) is 6.61 Å². The third-order valence-electron chi connectivity index (χ3n) is 1.70. The van der Waals surface area contributed by atoms with Crippen molar-refractivity contribution in [1.29, 1.82) is 0 Å². The number of nitrogens with one attached hydrogen (secondary N) is 1. The van der Waals surface area contributed by atoms with Gasteiger partial charge in [-0.1, -0.05) is 6.07 Å². The van der Waals surface area contributed by atoms with E-state index < -0.39 is 0 Å². The SMILES string of the molecule is CC(C)(C)NC(=O)COc1cccc(O)c1. The van der Waals surface area contributed by atoms with Crippen LogP contribution in [-0.2, 0) is 4.79 Å². The molecule has 0 saturated carbocycles. The molecular weight excluding hydrogens is 206 g/mol. The van der Waals surface area contributed by atoms with Crippen LogP contribution < -0.4 is 10.1 Å². The van der Waals surface area contributed by atoms with Gasteiger partial charge in [0.1, 0.15) is 11.5 Å². The predicted octanol–water partition coefficient (Wildman–Crippen LogP) is 1.69. The molecule has 0 unspecified atom stereocenters. The molecule has 0 heterocycles. The molecule has 4 nitrogen and oxygen atoms in total. The molecule has 0 saturated heterocycles. The van der Waals surface area contributed by atoms with E-state index in [0.29, 0.717) is 5.75 Å². The van der Waals surface area contributed by atoms with E-state index in [1.54, 1.807) is 18.2 Å². The van der Waals surface area contributed by atoms with Crippen LogP contribution in [0.3, 0.4) is 0 Å². The molecule has 0 aromatic heterocycles. The minimum atomic E-state index is -0.265. The summed E-state index contributed by atoms with van der Waals surface area (Å²) in [6.07, 6.45) is 0. The Morgan fingerprint density at radius 1 is 1.44 bits per heavy atom. The number of carbonyl (C=O) groups is 1. The van der Waals surface area contributed by atoms with Gasteiger partial charge in [-0.05, 0) is 32.9 Å². The molecule has 0 aliphatic rings. The first-order chi connectivity index (χ1) is 7.37. The summed E-state index contributed by atoms with van der Waals surface area (Å²) in [6, 6.07) is 6.35. The highest BCUT2D eigenvalue weighted by molar-refractivity contribution is 5.78. The highest BCUT2D eigenvalue weighted by Gasteiger charge is 2.13. The fourth-order valence-electron chi connectivity index (χ4n) is 1.18. The van der Waals surface area contributed by atoms with Crippen molar-refractivity contribution in [3.8, 4) is 11.5 Å². The van der Waals surface area contributed by atoms with E-state index >= 15 is 0 Å². The van der Waals surface area contributed by atoms with Crippen LogP contribution in [0.15, 0.2) is 24.3 Å². The lowest BCUT2D eigenvalue weighted by atomic mass is 10.1. The van der Waals surface area contributed by atoms with Gasteiger partial charge in [0, 0.05) is 11.6 Å². The van der Waals surface area contributed by atoms with Gasteiger partial charge in [-0.15, -0.1) is 0 Å². The van der Waals surface area contributed by atoms with E-state index in [4.69, 9.17) is 4.74 Å². The third kappa shape index (κ3) is 4.68. The minimum Gasteiger partial charge on any atom is -0.508 e. The second-order valence-electron chi connectivity index (χ2n) is 4.58. The van der Waals surface area contributed by atoms with E-state index in [0.717, 1.165) is 0 Å². The molecule has 4 heteroatoms.